The third-order valence-corrected chi connectivity index (χ3v) is 3.51. The third kappa shape index (κ3) is 2.45. The Balaban J connectivity index is 2.37. The smallest absolute Gasteiger partial charge is 0.339 e. The summed E-state index contributed by atoms with van der Waals surface area (Å²) in [5.41, 5.74) is 2.81. The summed E-state index contributed by atoms with van der Waals surface area (Å²) in [5, 5.41) is 10.4. The van der Waals surface area contributed by atoms with Crippen LogP contribution in [-0.4, -0.2) is 18.2 Å². The summed E-state index contributed by atoms with van der Waals surface area (Å²) >= 11 is 6.18. The zero-order chi connectivity index (χ0) is 12.4. The molecule has 1 aliphatic rings. The van der Waals surface area contributed by atoms with Crippen LogP contribution in [0.25, 0.3) is 0 Å². The molecule has 1 aromatic rings. The molecule has 0 aliphatic heterocycles. The molecule has 0 radical (unpaired) electrons. The first kappa shape index (κ1) is 12.4. The highest BCUT2D eigenvalue weighted by molar-refractivity contribution is 6.31. The van der Waals surface area contributed by atoms with E-state index in [0.717, 1.165) is 36.8 Å². The number of carbonyl (C=O) groups excluding carboxylic acids is 1. The summed E-state index contributed by atoms with van der Waals surface area (Å²) in [4.78, 5) is 11.3. The molecule has 0 heterocycles. The molecule has 0 aromatic heterocycles. The summed E-state index contributed by atoms with van der Waals surface area (Å²) in [5.74, 6) is -0.656. The van der Waals surface area contributed by atoms with Gasteiger partial charge in [-0.2, -0.15) is 0 Å². The Kier molecular flexibility index (Phi) is 3.69. The van der Waals surface area contributed by atoms with Crippen LogP contribution in [0.2, 0.25) is 5.02 Å². The summed E-state index contributed by atoms with van der Waals surface area (Å²) in [6.45, 7) is 0. The first-order valence-corrected chi connectivity index (χ1v) is 6.08. The van der Waals surface area contributed by atoms with Gasteiger partial charge in [0.2, 0.25) is 0 Å². The lowest BCUT2D eigenvalue weighted by molar-refractivity contribution is -0.150. The number of hydrogen-bond acceptors (Lipinski definition) is 3. The van der Waals surface area contributed by atoms with Crippen LogP contribution < -0.4 is 0 Å². The van der Waals surface area contributed by atoms with Crippen molar-refractivity contribution in [2.24, 2.45) is 0 Å². The monoisotopic (exact) mass is 254 g/mol. The van der Waals surface area contributed by atoms with Crippen molar-refractivity contribution in [1.82, 2.24) is 0 Å². The van der Waals surface area contributed by atoms with Crippen LogP contribution in [0.3, 0.4) is 0 Å². The first-order valence-electron chi connectivity index (χ1n) is 5.70. The van der Waals surface area contributed by atoms with Gasteiger partial charge in [-0.3, -0.25) is 0 Å². The standard InChI is InChI=1S/C13H15ClO3/c1-17-13(16)12(15)9-6-8-4-2-3-5-10(8)11(14)7-9/h6-7,12,15H,2-5H2,1H3. The number of hydrogen-bond donors (Lipinski definition) is 1. The van der Waals surface area contributed by atoms with Gasteiger partial charge in [0.15, 0.2) is 6.10 Å². The Morgan fingerprint density at radius 2 is 2.12 bits per heavy atom. The molecule has 0 saturated carbocycles. The average molecular weight is 255 g/mol. The normalized spacial score (nSPS) is 16.2. The Morgan fingerprint density at radius 3 is 2.82 bits per heavy atom. The summed E-state index contributed by atoms with van der Waals surface area (Å²) in [6.07, 6.45) is 2.96. The van der Waals surface area contributed by atoms with Gasteiger partial charge >= 0.3 is 5.97 Å². The van der Waals surface area contributed by atoms with Crippen LogP contribution in [-0.2, 0) is 22.4 Å². The number of aryl methyl sites for hydroxylation is 1. The molecule has 1 aromatic carbocycles. The van der Waals surface area contributed by atoms with Crippen molar-refractivity contribution < 1.29 is 14.6 Å². The lowest BCUT2D eigenvalue weighted by Crippen LogP contribution is -2.15. The van der Waals surface area contributed by atoms with Crippen molar-refractivity contribution in [2.45, 2.75) is 31.8 Å². The van der Waals surface area contributed by atoms with Crippen molar-refractivity contribution in [2.75, 3.05) is 7.11 Å². The highest BCUT2D eigenvalue weighted by Crippen LogP contribution is 2.31. The fourth-order valence-electron chi connectivity index (χ4n) is 2.24. The lowest BCUT2D eigenvalue weighted by atomic mass is 9.89. The van der Waals surface area contributed by atoms with Gasteiger partial charge in [0, 0.05) is 5.02 Å². The summed E-state index contributed by atoms with van der Waals surface area (Å²) in [6, 6.07) is 3.52. The zero-order valence-corrected chi connectivity index (χ0v) is 10.5. The molecule has 0 bridgehead atoms. The van der Waals surface area contributed by atoms with E-state index in [0.29, 0.717) is 10.6 Å². The van der Waals surface area contributed by atoms with Crippen LogP contribution in [0.4, 0.5) is 0 Å². The van der Waals surface area contributed by atoms with E-state index in [4.69, 9.17) is 11.6 Å². The Labute approximate surface area is 105 Å². The maximum Gasteiger partial charge on any atom is 0.339 e. The topological polar surface area (TPSA) is 46.5 Å². The Bertz CT molecular complexity index is 443. The zero-order valence-electron chi connectivity index (χ0n) is 9.70. The quantitative estimate of drug-likeness (QED) is 0.825. The minimum absolute atomic E-state index is 0.516. The maximum absolute atomic E-state index is 11.3. The lowest BCUT2D eigenvalue weighted by Gasteiger charge is -2.19. The van der Waals surface area contributed by atoms with Crippen LogP contribution in [0, 0.1) is 0 Å². The number of benzene rings is 1. The van der Waals surface area contributed by atoms with Crippen LogP contribution in [0.1, 0.15) is 35.6 Å². The number of methoxy groups -OCH3 is 1. The molecule has 0 saturated heterocycles. The molecule has 0 fully saturated rings. The predicted octanol–water partition coefficient (Wildman–Crippen LogP) is 2.43. The molecule has 17 heavy (non-hydrogen) atoms. The summed E-state index contributed by atoms with van der Waals surface area (Å²) < 4.78 is 4.52. The van der Waals surface area contributed by atoms with Crippen LogP contribution >= 0.6 is 11.6 Å². The van der Waals surface area contributed by atoms with E-state index >= 15 is 0 Å². The molecule has 3 nitrogen and oxygen atoms in total. The first-order chi connectivity index (χ1) is 8.13. The van der Waals surface area contributed by atoms with Crippen molar-refractivity contribution in [3.8, 4) is 0 Å². The molecule has 1 unspecified atom stereocenters. The number of esters is 1. The van der Waals surface area contributed by atoms with E-state index in [1.54, 1.807) is 6.07 Å². The van der Waals surface area contributed by atoms with E-state index in [2.05, 4.69) is 4.74 Å². The van der Waals surface area contributed by atoms with Crippen molar-refractivity contribution >= 4 is 17.6 Å². The van der Waals surface area contributed by atoms with Crippen molar-refractivity contribution in [1.29, 1.82) is 0 Å². The van der Waals surface area contributed by atoms with Gasteiger partial charge in [0.1, 0.15) is 0 Å². The van der Waals surface area contributed by atoms with E-state index in [1.807, 2.05) is 6.07 Å². The number of ether oxygens (including phenoxy) is 1. The van der Waals surface area contributed by atoms with Crippen molar-refractivity contribution in [3.63, 3.8) is 0 Å². The van der Waals surface area contributed by atoms with Gasteiger partial charge in [-0.05, 0) is 48.4 Å². The van der Waals surface area contributed by atoms with Crippen molar-refractivity contribution in [3.05, 3.63) is 33.8 Å². The Morgan fingerprint density at radius 1 is 1.41 bits per heavy atom. The number of aliphatic hydroxyl groups excluding tert-OH is 1. The molecule has 2 rings (SSSR count). The van der Waals surface area contributed by atoms with Gasteiger partial charge in [0.05, 0.1) is 7.11 Å². The maximum atomic E-state index is 11.3. The summed E-state index contributed by atoms with van der Waals surface area (Å²) in [7, 11) is 1.26. The second-order valence-electron chi connectivity index (χ2n) is 4.27. The molecule has 4 heteroatoms. The third-order valence-electron chi connectivity index (χ3n) is 3.17. The van der Waals surface area contributed by atoms with Crippen LogP contribution in [0.5, 0.6) is 0 Å². The van der Waals surface area contributed by atoms with Gasteiger partial charge in [0.25, 0.3) is 0 Å². The molecule has 0 spiro atoms. The van der Waals surface area contributed by atoms with Gasteiger partial charge in [-0.15, -0.1) is 0 Å². The number of aliphatic hydroxyl groups is 1. The SMILES string of the molecule is COC(=O)C(O)c1cc(Cl)c2c(c1)CCCC2. The number of halogens is 1. The highest BCUT2D eigenvalue weighted by atomic mass is 35.5. The van der Waals surface area contributed by atoms with Gasteiger partial charge in [-0.25, -0.2) is 4.79 Å². The molecular weight excluding hydrogens is 240 g/mol. The molecular formula is C13H15ClO3. The molecule has 1 N–H and O–H groups in total. The number of fused-ring (bicyclic) bond motifs is 1. The van der Waals surface area contributed by atoms with Gasteiger partial charge < -0.3 is 9.84 Å². The predicted molar refractivity (Wildman–Crippen MR) is 65.1 cm³/mol. The number of rotatable bonds is 2. The molecule has 92 valence electrons. The van der Waals surface area contributed by atoms with E-state index in [1.165, 1.54) is 7.11 Å². The minimum Gasteiger partial charge on any atom is -0.467 e. The molecule has 1 atom stereocenters. The van der Waals surface area contributed by atoms with E-state index in [9.17, 15) is 9.90 Å². The fraction of sp³-hybridized carbons (Fsp3) is 0.462. The second kappa shape index (κ2) is 5.07. The fourth-order valence-corrected chi connectivity index (χ4v) is 2.58. The average Bonchev–Trinajstić information content (AvgIpc) is 2.37. The largest absolute Gasteiger partial charge is 0.467 e. The second-order valence-corrected chi connectivity index (χ2v) is 4.68. The highest BCUT2D eigenvalue weighted by Gasteiger charge is 2.21. The van der Waals surface area contributed by atoms with E-state index in [-0.39, 0.29) is 0 Å². The van der Waals surface area contributed by atoms with Gasteiger partial charge in [-0.1, -0.05) is 17.7 Å². The number of carbonyl (C=O) groups is 1. The molecule has 1 aliphatic carbocycles. The Hall–Kier alpha value is -1.06. The van der Waals surface area contributed by atoms with Crippen LogP contribution in [0.15, 0.2) is 12.1 Å². The minimum atomic E-state index is -1.25. The van der Waals surface area contributed by atoms with E-state index < -0.39 is 12.1 Å². The molecule has 0 amide bonds.